The lowest BCUT2D eigenvalue weighted by Crippen LogP contribution is -2.34. The molecule has 2 fully saturated rings. The van der Waals surface area contributed by atoms with Crippen molar-refractivity contribution in [3.63, 3.8) is 0 Å². The molecule has 0 radical (unpaired) electrons. The van der Waals surface area contributed by atoms with Gasteiger partial charge < -0.3 is 29.9 Å². The Hall–Kier alpha value is -2.02. The number of methoxy groups -OCH3 is 1. The molecular weight excluding hydrogens is 665 g/mol. The molecule has 0 aromatic heterocycles. The molecule has 0 aromatic carbocycles. The predicted octanol–water partition coefficient (Wildman–Crippen LogP) is 6.23. The predicted molar refractivity (Wildman–Crippen MR) is 201 cm³/mol. The van der Waals surface area contributed by atoms with E-state index in [0.29, 0.717) is 32.2 Å². The fraction of sp³-hybridized carbons (Fsp3) is 0.784. The van der Waals surface area contributed by atoms with Gasteiger partial charge in [-0.25, -0.2) is 0 Å². The summed E-state index contributed by atoms with van der Waals surface area (Å²) < 4.78 is 4.61. The molecule has 0 aromatic rings. The molecule has 0 unspecified atom stereocenters. The summed E-state index contributed by atoms with van der Waals surface area (Å²) in [4.78, 5) is 49.3. The Kier molecular flexibility index (Phi) is 26.3. The third kappa shape index (κ3) is 21.7. The normalized spacial score (nSPS) is 19.1. The number of carbonyl (C=O) groups is 4. The summed E-state index contributed by atoms with van der Waals surface area (Å²) in [5.41, 5.74) is 0. The highest BCUT2D eigenvalue weighted by atomic mass is 32.2. The number of aliphatic hydroxyl groups excluding tert-OH is 2. The standard InChI is InChI=1S/C19H33NO4S.C18H31NO4S/c1-3-4-5-7-17(21)11-9-16-10-12-18(22)20(16)13-15-25-14-6-8-19(23)24-2;1-2-3-4-6-16(20)10-8-15-9-11-17(21)19(15)12-14-24-13-5-7-18(22)23/h9,11,16-17,21H,3-8,10,12-15H2,1-2H3;8,10,15-16,20H,2-7,9,11-14H2,1H3,(H,22,23)/b11-9+;10-8+/t16-,17-;15-,16-/m00/s1. The number of aliphatic carboxylic acids is 1. The molecule has 2 rings (SSSR count). The van der Waals surface area contributed by atoms with Crippen molar-refractivity contribution < 1.29 is 39.2 Å². The smallest absolute Gasteiger partial charge is 0.305 e. The van der Waals surface area contributed by atoms with Crippen molar-refractivity contribution in [3.8, 4) is 0 Å². The van der Waals surface area contributed by atoms with Crippen LogP contribution in [0, 0.1) is 0 Å². The maximum absolute atomic E-state index is 12.0. The lowest BCUT2D eigenvalue weighted by Gasteiger charge is -2.22. The van der Waals surface area contributed by atoms with E-state index in [1.165, 1.54) is 7.11 Å². The number of carbonyl (C=O) groups excluding carboxylic acids is 3. The summed E-state index contributed by atoms with van der Waals surface area (Å²) >= 11 is 3.45. The van der Waals surface area contributed by atoms with Crippen LogP contribution >= 0.6 is 23.5 Å². The molecule has 282 valence electrons. The topological polar surface area (TPSA) is 145 Å². The number of ether oxygens (including phenoxy) is 1. The second-order valence-corrected chi connectivity index (χ2v) is 15.1. The Bertz CT molecular complexity index is 995. The first kappa shape index (κ1) is 45.0. The summed E-state index contributed by atoms with van der Waals surface area (Å²) in [5.74, 6) is 2.86. The second-order valence-electron chi connectivity index (χ2n) is 12.7. The number of rotatable bonds is 26. The quantitative estimate of drug-likeness (QED) is 0.0533. The van der Waals surface area contributed by atoms with Gasteiger partial charge in [-0.15, -0.1) is 0 Å². The molecular formula is C37H64N2O8S2. The van der Waals surface area contributed by atoms with Gasteiger partial charge in [0.05, 0.1) is 31.4 Å². The SMILES string of the molecule is CCCCC[C@H](O)/C=C/[C@H]1CCC(=O)N1CCSCCCC(=O)O.CCCCC[C@H](O)/C=C/[C@H]1CCC(=O)N1CCSCCCC(=O)OC. The Balaban J connectivity index is 0.000000490. The van der Waals surface area contributed by atoms with Crippen LogP contribution in [0.5, 0.6) is 0 Å². The van der Waals surface area contributed by atoms with Crippen LogP contribution in [0.3, 0.4) is 0 Å². The number of carboxylic acids is 1. The minimum absolute atomic E-state index is 0.0953. The fourth-order valence-electron chi connectivity index (χ4n) is 5.68. The summed E-state index contributed by atoms with van der Waals surface area (Å²) in [5, 5.41) is 28.6. The molecule has 10 nitrogen and oxygen atoms in total. The first-order chi connectivity index (χ1) is 23.6. The van der Waals surface area contributed by atoms with Crippen molar-refractivity contribution in [2.75, 3.05) is 43.2 Å². The number of hydrogen-bond acceptors (Lipinski definition) is 9. The zero-order chi connectivity index (χ0) is 36.3. The van der Waals surface area contributed by atoms with Gasteiger partial charge >= 0.3 is 11.9 Å². The van der Waals surface area contributed by atoms with Gasteiger partial charge in [-0.05, 0) is 50.0 Å². The van der Waals surface area contributed by atoms with Crippen LogP contribution in [0.2, 0.25) is 0 Å². The number of amides is 2. The molecule has 2 aliphatic heterocycles. The highest BCUT2D eigenvalue weighted by molar-refractivity contribution is 7.99. The van der Waals surface area contributed by atoms with E-state index in [2.05, 4.69) is 18.6 Å². The van der Waals surface area contributed by atoms with Gasteiger partial charge in [0.15, 0.2) is 0 Å². The average Bonchev–Trinajstić information content (AvgIpc) is 3.62. The van der Waals surface area contributed by atoms with Gasteiger partial charge in [-0.3, -0.25) is 19.2 Å². The molecule has 0 bridgehead atoms. The van der Waals surface area contributed by atoms with E-state index in [4.69, 9.17) is 5.11 Å². The monoisotopic (exact) mass is 728 g/mol. The van der Waals surface area contributed by atoms with E-state index in [1.54, 1.807) is 23.5 Å². The molecule has 0 aliphatic carbocycles. The third-order valence-corrected chi connectivity index (χ3v) is 10.7. The number of thioether (sulfide) groups is 2. The van der Waals surface area contributed by atoms with Gasteiger partial charge in [0.1, 0.15) is 0 Å². The van der Waals surface area contributed by atoms with Crippen molar-refractivity contribution in [1.29, 1.82) is 0 Å². The zero-order valence-electron chi connectivity index (χ0n) is 30.3. The molecule has 2 saturated heterocycles. The van der Waals surface area contributed by atoms with E-state index in [9.17, 15) is 29.4 Å². The number of aliphatic hydroxyl groups is 2. The highest BCUT2D eigenvalue weighted by Crippen LogP contribution is 2.22. The van der Waals surface area contributed by atoms with Gasteiger partial charge in [-0.2, -0.15) is 23.5 Å². The highest BCUT2D eigenvalue weighted by Gasteiger charge is 2.29. The molecule has 49 heavy (non-hydrogen) atoms. The molecule has 12 heteroatoms. The maximum atomic E-state index is 12.0. The van der Waals surface area contributed by atoms with Crippen LogP contribution in [-0.2, 0) is 23.9 Å². The second kappa shape index (κ2) is 28.7. The summed E-state index contributed by atoms with van der Waals surface area (Å²) in [6.45, 7) is 5.71. The molecule has 0 saturated carbocycles. The maximum Gasteiger partial charge on any atom is 0.305 e. The van der Waals surface area contributed by atoms with Crippen LogP contribution in [0.1, 0.15) is 117 Å². The Morgan fingerprint density at radius 3 is 1.61 bits per heavy atom. The van der Waals surface area contributed by atoms with E-state index in [0.717, 1.165) is 100 Å². The minimum Gasteiger partial charge on any atom is -0.481 e. The summed E-state index contributed by atoms with van der Waals surface area (Å²) in [6.07, 6.45) is 20.0. The third-order valence-electron chi connectivity index (χ3n) is 8.60. The molecule has 2 amide bonds. The van der Waals surface area contributed by atoms with Crippen LogP contribution in [0.15, 0.2) is 24.3 Å². The minimum atomic E-state index is -0.756. The number of nitrogens with zero attached hydrogens (tertiary/aromatic N) is 2. The lowest BCUT2D eigenvalue weighted by atomic mass is 10.1. The van der Waals surface area contributed by atoms with Crippen LogP contribution in [0.4, 0.5) is 0 Å². The van der Waals surface area contributed by atoms with Crippen molar-refractivity contribution in [2.24, 2.45) is 0 Å². The number of carboxylic acid groups (broad SMARTS) is 1. The van der Waals surface area contributed by atoms with Gasteiger partial charge in [-0.1, -0.05) is 76.7 Å². The van der Waals surface area contributed by atoms with Crippen molar-refractivity contribution in [3.05, 3.63) is 24.3 Å². The molecule has 4 atom stereocenters. The fourth-order valence-corrected chi connectivity index (χ4v) is 7.44. The van der Waals surface area contributed by atoms with Gasteiger partial charge in [0, 0.05) is 50.3 Å². The van der Waals surface area contributed by atoms with Crippen LogP contribution in [0.25, 0.3) is 0 Å². The lowest BCUT2D eigenvalue weighted by molar-refractivity contribution is -0.140. The number of hydrogen-bond donors (Lipinski definition) is 3. The first-order valence-electron chi connectivity index (χ1n) is 18.4. The summed E-state index contributed by atoms with van der Waals surface area (Å²) in [7, 11) is 1.41. The van der Waals surface area contributed by atoms with Crippen LogP contribution in [-0.4, -0.2) is 116 Å². The zero-order valence-corrected chi connectivity index (χ0v) is 31.9. The van der Waals surface area contributed by atoms with E-state index in [-0.39, 0.29) is 36.3 Å². The van der Waals surface area contributed by atoms with Gasteiger partial charge in [0.2, 0.25) is 11.8 Å². The summed E-state index contributed by atoms with van der Waals surface area (Å²) in [6, 6.07) is 0.210. The Labute approximate surface area is 303 Å². The van der Waals surface area contributed by atoms with Crippen molar-refractivity contribution in [2.45, 2.75) is 141 Å². The van der Waals surface area contributed by atoms with Crippen molar-refractivity contribution in [1.82, 2.24) is 9.80 Å². The molecule has 0 spiro atoms. The van der Waals surface area contributed by atoms with E-state index in [1.807, 2.05) is 34.1 Å². The molecule has 3 N–H and O–H groups in total. The van der Waals surface area contributed by atoms with E-state index < -0.39 is 18.2 Å². The number of likely N-dealkylation sites (tertiary alicyclic amines) is 2. The Morgan fingerprint density at radius 1 is 0.755 bits per heavy atom. The largest absolute Gasteiger partial charge is 0.481 e. The van der Waals surface area contributed by atoms with Crippen LogP contribution < -0.4 is 0 Å². The van der Waals surface area contributed by atoms with E-state index >= 15 is 0 Å². The number of esters is 1. The first-order valence-corrected chi connectivity index (χ1v) is 20.7. The molecule has 2 heterocycles. The Morgan fingerprint density at radius 2 is 1.20 bits per heavy atom. The van der Waals surface area contributed by atoms with Gasteiger partial charge in [0.25, 0.3) is 0 Å². The average molecular weight is 729 g/mol. The molecule has 2 aliphatic rings. The number of unbranched alkanes of at least 4 members (excludes halogenated alkanes) is 4. The van der Waals surface area contributed by atoms with Crippen molar-refractivity contribution >= 4 is 47.3 Å².